The van der Waals surface area contributed by atoms with Crippen LogP contribution in [0, 0.1) is 0 Å². The monoisotopic (exact) mass is 347 g/mol. The van der Waals surface area contributed by atoms with Crippen LogP contribution in [0.25, 0.3) is 0 Å². The second-order valence-corrected chi connectivity index (χ2v) is 6.25. The third-order valence-corrected chi connectivity index (χ3v) is 3.78. The Morgan fingerprint density at radius 1 is 1.44 bits per heavy atom. The molecule has 10 heteroatoms. The van der Waals surface area contributed by atoms with E-state index in [0.717, 1.165) is 11.3 Å². The normalized spacial score (nSPS) is 16.6. The Hall–Kier alpha value is -2.75. The molecule has 0 aliphatic carbocycles. The van der Waals surface area contributed by atoms with Crippen LogP contribution in [-0.4, -0.2) is 55.5 Å². The summed E-state index contributed by atoms with van der Waals surface area (Å²) in [6.45, 7) is 4.40. The van der Waals surface area contributed by atoms with E-state index in [1.807, 2.05) is 13.8 Å². The Bertz CT molecular complexity index is 780. The number of nitrogens with one attached hydrogen (secondary N) is 3. The number of H-pyrrole nitrogens is 1. The molecule has 0 spiro atoms. The molecule has 1 unspecified atom stereocenters. The van der Waals surface area contributed by atoms with Crippen molar-refractivity contribution < 1.29 is 14.3 Å². The minimum atomic E-state index is -0.361. The standard InChI is InChI=1S/C15H21N7O3/c1-8(2)18-14(23)12-10-4-9(25-6-11(10)19-20-12)5-16-15(24)13-17-7-22(3)21-13/h7-9H,4-6H2,1-3H3,(H,16,24)(H,18,23)(H,19,20). The van der Waals surface area contributed by atoms with E-state index in [2.05, 4.69) is 30.9 Å². The van der Waals surface area contributed by atoms with Crippen molar-refractivity contribution in [3.63, 3.8) is 0 Å². The molecule has 2 aromatic rings. The van der Waals surface area contributed by atoms with E-state index in [-0.39, 0.29) is 29.8 Å². The largest absolute Gasteiger partial charge is 0.370 e. The predicted molar refractivity (Wildman–Crippen MR) is 86.8 cm³/mol. The number of fused-ring (bicyclic) bond motifs is 1. The van der Waals surface area contributed by atoms with Gasteiger partial charge in [0.05, 0.1) is 18.4 Å². The molecule has 134 valence electrons. The molecule has 3 rings (SSSR count). The number of carbonyl (C=O) groups is 2. The number of nitrogens with zero attached hydrogens (tertiary/aromatic N) is 4. The van der Waals surface area contributed by atoms with Crippen LogP contribution >= 0.6 is 0 Å². The average molecular weight is 347 g/mol. The highest BCUT2D eigenvalue weighted by molar-refractivity contribution is 5.94. The number of carbonyl (C=O) groups excluding carboxylic acids is 2. The summed E-state index contributed by atoms with van der Waals surface area (Å²) in [5, 5.41) is 16.5. The fourth-order valence-corrected chi connectivity index (χ4v) is 2.61. The molecular weight excluding hydrogens is 326 g/mol. The molecule has 1 aliphatic rings. The Morgan fingerprint density at radius 2 is 2.24 bits per heavy atom. The molecule has 3 N–H and O–H groups in total. The second kappa shape index (κ2) is 7.01. The van der Waals surface area contributed by atoms with Crippen molar-refractivity contribution in [2.24, 2.45) is 7.05 Å². The van der Waals surface area contributed by atoms with Crippen molar-refractivity contribution in [1.82, 2.24) is 35.6 Å². The molecule has 1 aliphatic heterocycles. The summed E-state index contributed by atoms with van der Waals surface area (Å²) in [7, 11) is 1.69. The number of amides is 2. The highest BCUT2D eigenvalue weighted by atomic mass is 16.5. The number of aromatic nitrogens is 5. The van der Waals surface area contributed by atoms with Crippen molar-refractivity contribution in [3.05, 3.63) is 29.1 Å². The van der Waals surface area contributed by atoms with E-state index in [4.69, 9.17) is 4.74 Å². The predicted octanol–water partition coefficient (Wildman–Crippen LogP) is -0.452. The molecular formula is C15H21N7O3. The van der Waals surface area contributed by atoms with Gasteiger partial charge in [-0.2, -0.15) is 5.10 Å². The Labute approximate surface area is 144 Å². The van der Waals surface area contributed by atoms with Crippen LogP contribution in [0.15, 0.2) is 6.33 Å². The summed E-state index contributed by atoms with van der Waals surface area (Å²) < 4.78 is 7.17. The average Bonchev–Trinajstić information content (AvgIpc) is 3.17. The summed E-state index contributed by atoms with van der Waals surface area (Å²) in [5.74, 6) is -0.464. The maximum absolute atomic E-state index is 12.2. The van der Waals surface area contributed by atoms with Crippen molar-refractivity contribution in [3.8, 4) is 0 Å². The maximum atomic E-state index is 12.2. The zero-order valence-corrected chi connectivity index (χ0v) is 14.4. The van der Waals surface area contributed by atoms with E-state index in [1.54, 1.807) is 7.05 Å². The molecule has 0 aromatic carbocycles. The molecule has 0 bridgehead atoms. The number of aryl methyl sites for hydroxylation is 1. The van der Waals surface area contributed by atoms with Gasteiger partial charge in [0.15, 0.2) is 5.69 Å². The molecule has 0 fully saturated rings. The van der Waals surface area contributed by atoms with E-state index in [9.17, 15) is 9.59 Å². The smallest absolute Gasteiger partial charge is 0.291 e. The topological polar surface area (TPSA) is 127 Å². The zero-order chi connectivity index (χ0) is 18.0. The van der Waals surface area contributed by atoms with Gasteiger partial charge in [0.25, 0.3) is 11.8 Å². The van der Waals surface area contributed by atoms with E-state index in [0.29, 0.717) is 25.3 Å². The fourth-order valence-electron chi connectivity index (χ4n) is 2.61. The van der Waals surface area contributed by atoms with Crippen molar-refractivity contribution in [2.75, 3.05) is 6.54 Å². The molecule has 2 amide bonds. The lowest BCUT2D eigenvalue weighted by molar-refractivity contribution is 0.0265. The summed E-state index contributed by atoms with van der Waals surface area (Å²) >= 11 is 0. The minimum Gasteiger partial charge on any atom is -0.370 e. The number of aromatic amines is 1. The van der Waals surface area contributed by atoms with Gasteiger partial charge in [-0.05, 0) is 13.8 Å². The molecule has 2 aromatic heterocycles. The Kier molecular flexibility index (Phi) is 4.79. The quantitative estimate of drug-likeness (QED) is 0.672. The first-order valence-electron chi connectivity index (χ1n) is 8.06. The summed E-state index contributed by atoms with van der Waals surface area (Å²) in [6.07, 6.45) is 1.70. The van der Waals surface area contributed by atoms with E-state index in [1.165, 1.54) is 11.0 Å². The molecule has 25 heavy (non-hydrogen) atoms. The van der Waals surface area contributed by atoms with Crippen LogP contribution in [0.1, 0.15) is 46.2 Å². The van der Waals surface area contributed by atoms with Crippen LogP contribution in [0.4, 0.5) is 0 Å². The van der Waals surface area contributed by atoms with Gasteiger partial charge in [-0.1, -0.05) is 0 Å². The SMILES string of the molecule is CC(C)NC(=O)c1n[nH]c2c1CC(CNC(=O)c1ncn(C)n1)OC2. The zero-order valence-electron chi connectivity index (χ0n) is 14.4. The van der Waals surface area contributed by atoms with Crippen LogP contribution < -0.4 is 10.6 Å². The lowest BCUT2D eigenvalue weighted by Crippen LogP contribution is -2.38. The highest BCUT2D eigenvalue weighted by Gasteiger charge is 2.28. The van der Waals surface area contributed by atoms with Crippen molar-refractivity contribution >= 4 is 11.8 Å². The van der Waals surface area contributed by atoms with Crippen LogP contribution in [-0.2, 0) is 24.8 Å². The first-order valence-corrected chi connectivity index (χ1v) is 8.06. The Morgan fingerprint density at radius 3 is 2.92 bits per heavy atom. The van der Waals surface area contributed by atoms with Gasteiger partial charge in [0.2, 0.25) is 5.82 Å². The van der Waals surface area contributed by atoms with Crippen LogP contribution in [0.5, 0.6) is 0 Å². The summed E-state index contributed by atoms with van der Waals surface area (Å²) in [6, 6.07) is 0.0284. The fraction of sp³-hybridized carbons (Fsp3) is 0.533. The number of hydrogen-bond donors (Lipinski definition) is 3. The first kappa shape index (κ1) is 17.1. The molecule has 10 nitrogen and oxygen atoms in total. The van der Waals surface area contributed by atoms with Crippen LogP contribution in [0.2, 0.25) is 0 Å². The third kappa shape index (κ3) is 3.85. The van der Waals surface area contributed by atoms with Gasteiger partial charge in [-0.3, -0.25) is 19.4 Å². The number of ether oxygens (including phenoxy) is 1. The van der Waals surface area contributed by atoms with Gasteiger partial charge in [-0.25, -0.2) is 4.98 Å². The molecule has 0 saturated heterocycles. The number of hydrogen-bond acceptors (Lipinski definition) is 6. The van der Waals surface area contributed by atoms with E-state index < -0.39 is 0 Å². The molecule has 0 saturated carbocycles. The van der Waals surface area contributed by atoms with Gasteiger partial charge < -0.3 is 15.4 Å². The molecule has 3 heterocycles. The lowest BCUT2D eigenvalue weighted by Gasteiger charge is -2.23. The third-order valence-electron chi connectivity index (χ3n) is 3.78. The van der Waals surface area contributed by atoms with Gasteiger partial charge in [0.1, 0.15) is 6.33 Å². The van der Waals surface area contributed by atoms with Gasteiger partial charge >= 0.3 is 0 Å². The van der Waals surface area contributed by atoms with E-state index >= 15 is 0 Å². The Balaban J connectivity index is 1.62. The van der Waals surface area contributed by atoms with Crippen LogP contribution in [0.3, 0.4) is 0 Å². The van der Waals surface area contributed by atoms with Gasteiger partial charge in [-0.15, -0.1) is 5.10 Å². The summed E-state index contributed by atoms with van der Waals surface area (Å²) in [5.41, 5.74) is 2.01. The second-order valence-electron chi connectivity index (χ2n) is 6.25. The lowest BCUT2D eigenvalue weighted by atomic mass is 10.0. The minimum absolute atomic E-state index is 0.0284. The molecule has 0 radical (unpaired) electrons. The molecule has 1 atom stereocenters. The highest BCUT2D eigenvalue weighted by Crippen LogP contribution is 2.22. The number of rotatable bonds is 5. The van der Waals surface area contributed by atoms with Gasteiger partial charge in [0, 0.05) is 31.6 Å². The summed E-state index contributed by atoms with van der Waals surface area (Å²) in [4.78, 5) is 28.1. The first-order chi connectivity index (χ1) is 11.9. The maximum Gasteiger partial charge on any atom is 0.291 e. The van der Waals surface area contributed by atoms with Crippen molar-refractivity contribution in [2.45, 2.75) is 39.0 Å². The van der Waals surface area contributed by atoms with Crippen molar-refractivity contribution in [1.29, 1.82) is 0 Å².